The van der Waals surface area contributed by atoms with Crippen molar-refractivity contribution in [2.45, 2.75) is 31.2 Å². The Morgan fingerprint density at radius 3 is 2.68 bits per heavy atom. The molecule has 1 saturated carbocycles. The molecule has 2 heterocycles. The Balaban J connectivity index is 0.00000133. The topological polar surface area (TPSA) is 77.8 Å². The van der Waals surface area contributed by atoms with Crippen LogP contribution in [0.25, 0.3) is 11.5 Å². The smallest absolute Gasteiger partial charge is 0.259 e. The van der Waals surface area contributed by atoms with E-state index in [4.69, 9.17) is 10.3 Å². The molecule has 102 valence electrons. The molecule has 5 nitrogen and oxygen atoms in total. The highest BCUT2D eigenvalue weighted by Crippen LogP contribution is 2.35. The molecular weight excluding hydrogens is 332 g/mol. The Morgan fingerprint density at radius 2 is 2.00 bits per heavy atom. The van der Waals surface area contributed by atoms with Gasteiger partial charge in [-0.25, -0.2) is 0 Å². The number of halogens is 2. The molecule has 0 saturated heterocycles. The normalized spacial score (nSPS) is 17.2. The average Bonchev–Trinajstić information content (AvgIpc) is 2.98. The van der Waals surface area contributed by atoms with Crippen molar-refractivity contribution in [2.75, 3.05) is 0 Å². The fourth-order valence-electron chi connectivity index (χ4n) is 2.30. The van der Waals surface area contributed by atoms with Crippen LogP contribution in [0.4, 0.5) is 0 Å². The number of rotatable bonds is 2. The highest BCUT2D eigenvalue weighted by atomic mass is 79.9. The fourth-order valence-corrected chi connectivity index (χ4v) is 2.67. The van der Waals surface area contributed by atoms with Crippen molar-refractivity contribution < 1.29 is 4.52 Å². The predicted molar refractivity (Wildman–Crippen MR) is 76.8 cm³/mol. The molecule has 3 rings (SSSR count). The van der Waals surface area contributed by atoms with Crippen molar-refractivity contribution in [3.63, 3.8) is 0 Å². The molecule has 0 spiro atoms. The molecule has 0 aliphatic heterocycles. The molecule has 1 aliphatic rings. The summed E-state index contributed by atoms with van der Waals surface area (Å²) in [4.78, 5) is 8.49. The van der Waals surface area contributed by atoms with Crippen LogP contribution in [0.15, 0.2) is 27.5 Å². The van der Waals surface area contributed by atoms with Gasteiger partial charge < -0.3 is 10.3 Å². The van der Waals surface area contributed by atoms with Gasteiger partial charge in [-0.15, -0.1) is 12.4 Å². The number of aromatic nitrogens is 3. The molecule has 0 aromatic carbocycles. The summed E-state index contributed by atoms with van der Waals surface area (Å²) in [6, 6.07) is 1.89. The second kappa shape index (κ2) is 5.56. The van der Waals surface area contributed by atoms with Crippen molar-refractivity contribution in [1.82, 2.24) is 15.1 Å². The van der Waals surface area contributed by atoms with Gasteiger partial charge in [0.15, 0.2) is 5.82 Å². The Bertz CT molecular complexity index is 568. The molecule has 2 aromatic rings. The summed E-state index contributed by atoms with van der Waals surface area (Å²) in [6.07, 6.45) is 7.49. The molecule has 0 atom stereocenters. The van der Waals surface area contributed by atoms with Crippen molar-refractivity contribution in [3.05, 3.63) is 28.8 Å². The van der Waals surface area contributed by atoms with E-state index in [0.717, 1.165) is 35.7 Å². The van der Waals surface area contributed by atoms with Gasteiger partial charge in [-0.05, 0) is 34.8 Å². The van der Waals surface area contributed by atoms with Crippen molar-refractivity contribution in [3.8, 4) is 11.5 Å². The molecule has 19 heavy (non-hydrogen) atoms. The lowest BCUT2D eigenvalue weighted by molar-refractivity contribution is 0.372. The lowest BCUT2D eigenvalue weighted by Gasteiger charge is -2.17. The first-order chi connectivity index (χ1) is 8.67. The van der Waals surface area contributed by atoms with Gasteiger partial charge in [0, 0.05) is 16.9 Å². The maximum atomic E-state index is 6.29. The third-order valence-corrected chi connectivity index (χ3v) is 3.75. The number of pyridine rings is 1. The zero-order chi connectivity index (χ0) is 12.6. The highest BCUT2D eigenvalue weighted by Gasteiger charge is 2.36. The first-order valence-electron chi connectivity index (χ1n) is 5.91. The fraction of sp³-hybridized carbons (Fsp3) is 0.417. The van der Waals surface area contributed by atoms with Crippen LogP contribution in [0.3, 0.4) is 0 Å². The minimum atomic E-state index is -0.415. The molecule has 7 heteroatoms. The van der Waals surface area contributed by atoms with Gasteiger partial charge in [0.2, 0.25) is 0 Å². The second-order valence-corrected chi connectivity index (χ2v) is 5.59. The number of nitrogens with two attached hydrogens (primary N) is 1. The third kappa shape index (κ3) is 2.80. The molecule has 2 N–H and O–H groups in total. The summed E-state index contributed by atoms with van der Waals surface area (Å²) in [6.45, 7) is 0. The van der Waals surface area contributed by atoms with Gasteiger partial charge in [0.25, 0.3) is 5.89 Å². The first kappa shape index (κ1) is 14.4. The van der Waals surface area contributed by atoms with Crippen LogP contribution in [-0.2, 0) is 5.54 Å². The molecule has 0 bridgehead atoms. The van der Waals surface area contributed by atoms with Crippen molar-refractivity contribution in [1.29, 1.82) is 0 Å². The molecule has 1 aliphatic carbocycles. The van der Waals surface area contributed by atoms with Gasteiger partial charge in [0.1, 0.15) is 0 Å². The summed E-state index contributed by atoms with van der Waals surface area (Å²) < 4.78 is 6.16. The second-order valence-electron chi connectivity index (χ2n) is 4.68. The van der Waals surface area contributed by atoms with Crippen LogP contribution in [0.1, 0.15) is 31.5 Å². The van der Waals surface area contributed by atoms with E-state index >= 15 is 0 Å². The Kier molecular flexibility index (Phi) is 4.23. The van der Waals surface area contributed by atoms with E-state index in [1.807, 2.05) is 6.07 Å². The van der Waals surface area contributed by atoms with Crippen molar-refractivity contribution in [2.24, 2.45) is 5.73 Å². The minimum absolute atomic E-state index is 0. The zero-order valence-corrected chi connectivity index (χ0v) is 12.6. The van der Waals surface area contributed by atoms with E-state index in [9.17, 15) is 0 Å². The van der Waals surface area contributed by atoms with Crippen molar-refractivity contribution >= 4 is 28.3 Å². The Hall–Kier alpha value is -0.980. The van der Waals surface area contributed by atoms with E-state index in [1.54, 1.807) is 12.4 Å². The molecular formula is C12H14BrClN4O. The molecule has 1 fully saturated rings. The molecule has 0 amide bonds. The molecule has 0 radical (unpaired) electrons. The number of nitrogens with zero attached hydrogens (tertiary/aromatic N) is 3. The minimum Gasteiger partial charge on any atom is -0.334 e. The number of hydrogen-bond donors (Lipinski definition) is 1. The van der Waals surface area contributed by atoms with Crippen LogP contribution in [0, 0.1) is 0 Å². The standard InChI is InChI=1S/C12H13BrN4O.ClH/c13-9-5-8(6-15-7-9)10-16-11(17-18-10)12(14)3-1-2-4-12;/h5-7H,1-4,14H2;1H. The zero-order valence-electron chi connectivity index (χ0n) is 10.2. The van der Waals surface area contributed by atoms with Crippen LogP contribution in [0.2, 0.25) is 0 Å². The van der Waals surface area contributed by atoms with Gasteiger partial charge in [-0.1, -0.05) is 18.0 Å². The maximum absolute atomic E-state index is 6.29. The van der Waals surface area contributed by atoms with Crippen LogP contribution < -0.4 is 5.73 Å². The van der Waals surface area contributed by atoms with E-state index < -0.39 is 5.54 Å². The lowest BCUT2D eigenvalue weighted by Crippen LogP contribution is -2.34. The lowest BCUT2D eigenvalue weighted by atomic mass is 9.99. The number of hydrogen-bond acceptors (Lipinski definition) is 5. The highest BCUT2D eigenvalue weighted by molar-refractivity contribution is 9.10. The quantitative estimate of drug-likeness (QED) is 0.905. The Labute approximate surface area is 125 Å². The maximum Gasteiger partial charge on any atom is 0.259 e. The summed E-state index contributed by atoms with van der Waals surface area (Å²) in [5.41, 5.74) is 6.67. The Morgan fingerprint density at radius 1 is 1.26 bits per heavy atom. The van der Waals surface area contributed by atoms with Gasteiger partial charge in [-0.3, -0.25) is 4.98 Å². The predicted octanol–water partition coefficient (Wildman–Crippen LogP) is 3.04. The van der Waals surface area contributed by atoms with E-state index in [-0.39, 0.29) is 12.4 Å². The van der Waals surface area contributed by atoms with Crippen LogP contribution in [-0.4, -0.2) is 15.1 Å². The summed E-state index contributed by atoms with van der Waals surface area (Å²) in [7, 11) is 0. The summed E-state index contributed by atoms with van der Waals surface area (Å²) in [5.74, 6) is 1.07. The SMILES string of the molecule is Cl.NC1(c2noc(-c3cncc(Br)c3)n2)CCCC1. The molecule has 0 unspecified atom stereocenters. The summed E-state index contributed by atoms with van der Waals surface area (Å²) >= 11 is 3.37. The molecule has 2 aromatic heterocycles. The summed E-state index contributed by atoms with van der Waals surface area (Å²) in [5, 5.41) is 4.02. The van der Waals surface area contributed by atoms with Crippen LogP contribution >= 0.6 is 28.3 Å². The van der Waals surface area contributed by atoms with E-state index in [2.05, 4.69) is 31.1 Å². The first-order valence-corrected chi connectivity index (χ1v) is 6.71. The largest absolute Gasteiger partial charge is 0.334 e. The van der Waals surface area contributed by atoms with E-state index in [0.29, 0.717) is 11.7 Å². The average molecular weight is 346 g/mol. The third-order valence-electron chi connectivity index (χ3n) is 3.32. The van der Waals surface area contributed by atoms with Gasteiger partial charge in [0.05, 0.1) is 11.1 Å². The van der Waals surface area contributed by atoms with Gasteiger partial charge in [-0.2, -0.15) is 4.98 Å². The monoisotopic (exact) mass is 344 g/mol. The van der Waals surface area contributed by atoms with E-state index in [1.165, 1.54) is 0 Å². The van der Waals surface area contributed by atoms with Gasteiger partial charge >= 0.3 is 0 Å². The van der Waals surface area contributed by atoms with Crippen LogP contribution in [0.5, 0.6) is 0 Å².